The van der Waals surface area contributed by atoms with Crippen LogP contribution in [0.5, 0.6) is 0 Å². The average Bonchev–Trinajstić information content (AvgIpc) is 2.37. The summed E-state index contributed by atoms with van der Waals surface area (Å²) in [5.41, 5.74) is 10.8. The highest BCUT2D eigenvalue weighted by Crippen LogP contribution is 2.38. The van der Waals surface area contributed by atoms with Crippen LogP contribution in [0.4, 0.5) is 0 Å². The Labute approximate surface area is 123 Å². The summed E-state index contributed by atoms with van der Waals surface area (Å²) in [5.74, 6) is 0. The van der Waals surface area contributed by atoms with Gasteiger partial charge in [-0.2, -0.15) is 0 Å². The van der Waals surface area contributed by atoms with E-state index in [1.54, 1.807) is 0 Å². The Morgan fingerprint density at radius 1 is 1.30 bits per heavy atom. The third kappa shape index (κ3) is 4.38. The van der Waals surface area contributed by atoms with Crippen LogP contribution in [0.2, 0.25) is 0 Å². The van der Waals surface area contributed by atoms with Crippen LogP contribution in [0.3, 0.4) is 0 Å². The van der Waals surface area contributed by atoms with E-state index in [2.05, 4.69) is 56.4 Å². The first-order valence-electron chi connectivity index (χ1n) is 7.68. The average molecular weight is 272 g/mol. The third-order valence-corrected chi connectivity index (χ3v) is 4.19. The van der Waals surface area contributed by atoms with Crippen molar-refractivity contribution in [3.63, 3.8) is 0 Å². The summed E-state index contributed by atoms with van der Waals surface area (Å²) in [4.78, 5) is 0. The molecule has 110 valence electrons. The zero-order chi connectivity index (χ0) is 14.6. The molecule has 1 saturated carbocycles. The largest absolute Gasteiger partial charge is 0.388 e. The maximum Gasteiger partial charge on any atom is 0.0184 e. The van der Waals surface area contributed by atoms with Crippen LogP contribution in [0.25, 0.3) is 0 Å². The van der Waals surface area contributed by atoms with Gasteiger partial charge in [0.1, 0.15) is 0 Å². The number of benzene rings is 1. The van der Waals surface area contributed by atoms with E-state index < -0.39 is 0 Å². The van der Waals surface area contributed by atoms with E-state index in [9.17, 15) is 0 Å². The van der Waals surface area contributed by atoms with Gasteiger partial charge in [0, 0.05) is 18.3 Å². The molecular formula is C18H28N2. The molecule has 3 N–H and O–H groups in total. The van der Waals surface area contributed by atoms with Gasteiger partial charge in [-0.1, -0.05) is 44.2 Å². The molecule has 0 spiro atoms. The molecule has 0 heterocycles. The number of nitrogens with one attached hydrogen (secondary N) is 1. The minimum Gasteiger partial charge on any atom is -0.388 e. The first kappa shape index (κ1) is 15.1. The lowest BCUT2D eigenvalue weighted by Gasteiger charge is -2.36. The highest BCUT2D eigenvalue weighted by Gasteiger charge is 2.29. The fraction of sp³-hybridized carbons (Fsp3) is 0.556. The molecule has 1 aliphatic carbocycles. The van der Waals surface area contributed by atoms with Crippen molar-refractivity contribution in [3.8, 4) is 0 Å². The van der Waals surface area contributed by atoms with Crippen LogP contribution >= 0.6 is 0 Å². The molecule has 1 aromatic rings. The molecule has 0 radical (unpaired) electrons. The molecule has 2 rings (SSSR count). The van der Waals surface area contributed by atoms with E-state index >= 15 is 0 Å². The Bertz CT molecular complexity index is 460. The van der Waals surface area contributed by atoms with Crippen LogP contribution in [0.1, 0.15) is 45.6 Å². The molecule has 1 aliphatic rings. The molecule has 2 nitrogen and oxygen atoms in total. The zero-order valence-electron chi connectivity index (χ0n) is 13.1. The molecule has 0 bridgehead atoms. The van der Waals surface area contributed by atoms with Gasteiger partial charge in [-0.05, 0) is 49.2 Å². The molecule has 0 aliphatic heterocycles. The number of hydrogen-bond donors (Lipinski definition) is 2. The fourth-order valence-corrected chi connectivity index (χ4v) is 3.27. The maximum atomic E-state index is 6.20. The number of nitrogens with two attached hydrogens (primary N) is 1. The topological polar surface area (TPSA) is 38.0 Å². The predicted molar refractivity (Wildman–Crippen MR) is 86.5 cm³/mol. The van der Waals surface area contributed by atoms with Gasteiger partial charge in [-0.15, -0.1) is 0 Å². The van der Waals surface area contributed by atoms with E-state index in [0.29, 0.717) is 11.5 Å². The third-order valence-electron chi connectivity index (χ3n) is 4.19. The van der Waals surface area contributed by atoms with Crippen molar-refractivity contribution in [1.82, 2.24) is 5.32 Å². The second-order valence-electron chi connectivity index (χ2n) is 6.90. The molecular weight excluding hydrogens is 244 g/mol. The van der Waals surface area contributed by atoms with Gasteiger partial charge in [0.25, 0.3) is 0 Å². The van der Waals surface area contributed by atoms with E-state index in [-0.39, 0.29) is 0 Å². The van der Waals surface area contributed by atoms with Crippen molar-refractivity contribution < 1.29 is 0 Å². The Morgan fingerprint density at radius 2 is 2.00 bits per heavy atom. The first-order valence-corrected chi connectivity index (χ1v) is 7.68. The van der Waals surface area contributed by atoms with Gasteiger partial charge >= 0.3 is 0 Å². The predicted octanol–water partition coefficient (Wildman–Crippen LogP) is 3.63. The molecule has 1 atom stereocenters. The van der Waals surface area contributed by atoms with E-state index in [4.69, 9.17) is 5.73 Å². The van der Waals surface area contributed by atoms with Crippen LogP contribution < -0.4 is 11.1 Å². The Kier molecular flexibility index (Phi) is 4.87. The lowest BCUT2D eigenvalue weighted by molar-refractivity contribution is 0.262. The summed E-state index contributed by atoms with van der Waals surface area (Å²) in [6.07, 6.45) is 4.42. The van der Waals surface area contributed by atoms with Gasteiger partial charge in [0.2, 0.25) is 0 Å². The molecule has 1 unspecified atom stereocenters. The van der Waals surface area contributed by atoms with Crippen LogP contribution in [0, 0.1) is 5.41 Å². The molecule has 1 fully saturated rings. The molecule has 1 aromatic carbocycles. The highest BCUT2D eigenvalue weighted by molar-refractivity contribution is 5.18. The second kappa shape index (κ2) is 6.45. The zero-order valence-corrected chi connectivity index (χ0v) is 13.1. The standard InChI is InChI=1S/C18H28N2/c1-14(16-11-17(19)13-18(2,3)12-16)20-10-9-15-7-5-4-6-8-15/h4-8,17,20H,9-13,19H2,1-3H3/b16-14-. The van der Waals surface area contributed by atoms with Gasteiger partial charge < -0.3 is 11.1 Å². The van der Waals surface area contributed by atoms with Crippen LogP contribution in [-0.2, 0) is 6.42 Å². The minimum absolute atomic E-state index is 0.319. The van der Waals surface area contributed by atoms with Crippen molar-refractivity contribution in [3.05, 3.63) is 47.2 Å². The van der Waals surface area contributed by atoms with Crippen molar-refractivity contribution in [2.75, 3.05) is 6.54 Å². The van der Waals surface area contributed by atoms with Gasteiger partial charge in [0.05, 0.1) is 0 Å². The van der Waals surface area contributed by atoms with E-state index in [1.165, 1.54) is 23.3 Å². The van der Waals surface area contributed by atoms with Crippen LogP contribution in [-0.4, -0.2) is 12.6 Å². The summed E-state index contributed by atoms with van der Waals surface area (Å²) in [5, 5.41) is 3.58. The molecule has 2 heteroatoms. The second-order valence-corrected chi connectivity index (χ2v) is 6.90. The maximum absolute atomic E-state index is 6.20. The Morgan fingerprint density at radius 3 is 2.65 bits per heavy atom. The van der Waals surface area contributed by atoms with Crippen molar-refractivity contribution in [1.29, 1.82) is 0 Å². The highest BCUT2D eigenvalue weighted by atomic mass is 14.9. The monoisotopic (exact) mass is 272 g/mol. The minimum atomic E-state index is 0.319. The quantitative estimate of drug-likeness (QED) is 0.878. The van der Waals surface area contributed by atoms with E-state index in [1.807, 2.05) is 0 Å². The van der Waals surface area contributed by atoms with Crippen molar-refractivity contribution >= 4 is 0 Å². The van der Waals surface area contributed by atoms with Crippen molar-refractivity contribution in [2.45, 2.75) is 52.5 Å². The van der Waals surface area contributed by atoms with Gasteiger partial charge in [0.15, 0.2) is 0 Å². The first-order chi connectivity index (χ1) is 9.46. The van der Waals surface area contributed by atoms with Crippen LogP contribution in [0.15, 0.2) is 41.6 Å². The number of hydrogen-bond acceptors (Lipinski definition) is 2. The summed E-state index contributed by atoms with van der Waals surface area (Å²) in [7, 11) is 0. The molecule has 0 aromatic heterocycles. The lowest BCUT2D eigenvalue weighted by atomic mass is 9.72. The smallest absolute Gasteiger partial charge is 0.0184 e. The summed E-state index contributed by atoms with van der Waals surface area (Å²) < 4.78 is 0. The van der Waals surface area contributed by atoms with Gasteiger partial charge in [-0.25, -0.2) is 0 Å². The van der Waals surface area contributed by atoms with E-state index in [0.717, 1.165) is 25.8 Å². The summed E-state index contributed by atoms with van der Waals surface area (Å²) in [6.45, 7) is 7.84. The Balaban J connectivity index is 1.90. The normalized spacial score (nSPS) is 24.3. The Hall–Kier alpha value is -1.28. The number of allylic oxidation sites excluding steroid dienone is 1. The lowest BCUT2D eigenvalue weighted by Crippen LogP contribution is -2.35. The summed E-state index contributed by atoms with van der Waals surface area (Å²) >= 11 is 0. The number of rotatable bonds is 4. The summed E-state index contributed by atoms with van der Waals surface area (Å²) in [6, 6.07) is 11.0. The fourth-order valence-electron chi connectivity index (χ4n) is 3.27. The molecule has 20 heavy (non-hydrogen) atoms. The van der Waals surface area contributed by atoms with Gasteiger partial charge in [-0.3, -0.25) is 0 Å². The SMILES string of the molecule is C/C(NCCc1ccccc1)=C1\CC(N)CC(C)(C)C1. The molecule has 0 saturated heterocycles. The van der Waals surface area contributed by atoms with Crippen molar-refractivity contribution in [2.24, 2.45) is 11.1 Å². The molecule has 0 amide bonds.